The number of ether oxygens (including phenoxy) is 2. The molecule has 1 heterocycles. The molecule has 2 aromatic rings. The molecule has 2 aromatic carbocycles. The first-order valence-corrected chi connectivity index (χ1v) is 8.55. The molecule has 3 nitrogen and oxygen atoms in total. The van der Waals surface area contributed by atoms with Crippen molar-refractivity contribution >= 4 is 38.5 Å². The Morgan fingerprint density at radius 3 is 2.43 bits per heavy atom. The van der Waals surface area contributed by atoms with Crippen molar-refractivity contribution in [1.29, 1.82) is 0 Å². The van der Waals surface area contributed by atoms with Crippen LogP contribution in [0, 0.1) is 3.57 Å². The lowest BCUT2D eigenvalue weighted by Crippen LogP contribution is -2.04. The minimum absolute atomic E-state index is 0.632. The number of hydrogen-bond acceptors (Lipinski definition) is 3. The predicted octanol–water partition coefficient (Wildman–Crippen LogP) is 4.30. The van der Waals surface area contributed by atoms with Gasteiger partial charge in [-0.05, 0) is 46.4 Å². The standard InChI is InChI=1S/C16H14BrIO3/c17-12-9-15-14(20-6-3-7-21-15)8-11(12)16(19)10-4-1-2-5-13(10)18/h1-2,4-5,8-9,16,19H,3,6-7H2. The largest absolute Gasteiger partial charge is 0.490 e. The average Bonchev–Trinajstić information content (AvgIpc) is 2.71. The fourth-order valence-corrected chi connectivity index (χ4v) is 3.50. The number of halogens is 2. The van der Waals surface area contributed by atoms with Crippen molar-refractivity contribution in [3.05, 3.63) is 55.6 Å². The van der Waals surface area contributed by atoms with Gasteiger partial charge < -0.3 is 14.6 Å². The van der Waals surface area contributed by atoms with E-state index in [2.05, 4.69) is 38.5 Å². The molecule has 0 fully saturated rings. The van der Waals surface area contributed by atoms with Gasteiger partial charge in [0.15, 0.2) is 11.5 Å². The van der Waals surface area contributed by atoms with Gasteiger partial charge in [0.2, 0.25) is 0 Å². The first-order chi connectivity index (χ1) is 10.2. The Kier molecular flexibility index (Phi) is 4.71. The topological polar surface area (TPSA) is 38.7 Å². The van der Waals surface area contributed by atoms with E-state index in [1.807, 2.05) is 36.4 Å². The monoisotopic (exact) mass is 460 g/mol. The second-order valence-corrected chi connectivity index (χ2v) is 6.81. The molecule has 5 heteroatoms. The molecular formula is C16H14BrIO3. The number of rotatable bonds is 2. The molecule has 0 saturated heterocycles. The summed E-state index contributed by atoms with van der Waals surface area (Å²) >= 11 is 5.76. The lowest BCUT2D eigenvalue weighted by atomic mass is 10.0. The third-order valence-corrected chi connectivity index (χ3v) is 5.03. The van der Waals surface area contributed by atoms with Crippen molar-refractivity contribution in [3.8, 4) is 11.5 Å². The number of benzene rings is 2. The molecule has 21 heavy (non-hydrogen) atoms. The Hall–Kier alpha value is -0.790. The summed E-state index contributed by atoms with van der Waals surface area (Å²) < 4.78 is 13.2. The van der Waals surface area contributed by atoms with E-state index in [0.717, 1.165) is 31.3 Å². The summed E-state index contributed by atoms with van der Waals surface area (Å²) in [5.41, 5.74) is 1.66. The zero-order valence-corrected chi connectivity index (χ0v) is 14.9. The molecule has 1 N–H and O–H groups in total. The van der Waals surface area contributed by atoms with Gasteiger partial charge in [-0.3, -0.25) is 0 Å². The van der Waals surface area contributed by atoms with Gasteiger partial charge in [-0.25, -0.2) is 0 Å². The minimum Gasteiger partial charge on any atom is -0.490 e. The molecule has 0 spiro atoms. The van der Waals surface area contributed by atoms with Gasteiger partial charge in [0.1, 0.15) is 6.10 Å². The lowest BCUT2D eigenvalue weighted by molar-refractivity contribution is 0.217. The highest BCUT2D eigenvalue weighted by Gasteiger charge is 2.20. The first-order valence-electron chi connectivity index (χ1n) is 6.68. The molecule has 3 rings (SSSR count). The van der Waals surface area contributed by atoms with Gasteiger partial charge in [0.25, 0.3) is 0 Å². The van der Waals surface area contributed by atoms with Crippen LogP contribution in [0.15, 0.2) is 40.9 Å². The summed E-state index contributed by atoms with van der Waals surface area (Å²) in [6.45, 7) is 1.28. The molecule has 0 saturated carbocycles. The second-order valence-electron chi connectivity index (χ2n) is 4.79. The number of aliphatic hydroxyl groups excluding tert-OH is 1. The first kappa shape index (κ1) is 15.1. The normalized spacial score (nSPS) is 15.4. The van der Waals surface area contributed by atoms with Crippen molar-refractivity contribution in [1.82, 2.24) is 0 Å². The highest BCUT2D eigenvalue weighted by Crippen LogP contribution is 2.39. The van der Waals surface area contributed by atoms with Gasteiger partial charge >= 0.3 is 0 Å². The second kappa shape index (κ2) is 6.54. The van der Waals surface area contributed by atoms with Gasteiger partial charge in [0, 0.05) is 20.0 Å². The maximum Gasteiger partial charge on any atom is 0.162 e. The summed E-state index contributed by atoms with van der Waals surface area (Å²) in [7, 11) is 0. The van der Waals surface area contributed by atoms with Crippen LogP contribution in [0.2, 0.25) is 0 Å². The summed E-state index contributed by atoms with van der Waals surface area (Å²) in [4.78, 5) is 0. The van der Waals surface area contributed by atoms with Crippen molar-refractivity contribution in [2.24, 2.45) is 0 Å². The van der Waals surface area contributed by atoms with Crippen LogP contribution in [0.5, 0.6) is 11.5 Å². The van der Waals surface area contributed by atoms with Crippen LogP contribution < -0.4 is 9.47 Å². The van der Waals surface area contributed by atoms with Crippen LogP contribution in [-0.4, -0.2) is 18.3 Å². The van der Waals surface area contributed by atoms with Gasteiger partial charge in [-0.15, -0.1) is 0 Å². The molecule has 1 aliphatic heterocycles. The fourth-order valence-electron chi connectivity index (χ4n) is 2.27. The highest BCUT2D eigenvalue weighted by atomic mass is 127. The molecule has 0 amide bonds. The molecule has 0 aromatic heterocycles. The summed E-state index contributed by atoms with van der Waals surface area (Å²) in [5, 5.41) is 10.7. The molecule has 0 radical (unpaired) electrons. The van der Waals surface area contributed by atoms with E-state index in [4.69, 9.17) is 9.47 Å². The third kappa shape index (κ3) is 3.19. The Morgan fingerprint density at radius 1 is 1.05 bits per heavy atom. The predicted molar refractivity (Wildman–Crippen MR) is 93.0 cm³/mol. The van der Waals surface area contributed by atoms with E-state index < -0.39 is 6.10 Å². The molecule has 0 bridgehead atoms. The summed E-state index contributed by atoms with van der Waals surface area (Å²) in [6, 6.07) is 11.5. The van der Waals surface area contributed by atoms with E-state index in [1.54, 1.807) is 0 Å². The Morgan fingerprint density at radius 2 is 1.71 bits per heavy atom. The van der Waals surface area contributed by atoms with Gasteiger partial charge in [0.05, 0.1) is 13.2 Å². The molecule has 1 unspecified atom stereocenters. The average molecular weight is 461 g/mol. The smallest absolute Gasteiger partial charge is 0.162 e. The molecule has 0 aliphatic carbocycles. The van der Waals surface area contributed by atoms with E-state index in [1.165, 1.54) is 0 Å². The van der Waals surface area contributed by atoms with Crippen molar-refractivity contribution in [2.45, 2.75) is 12.5 Å². The summed E-state index contributed by atoms with van der Waals surface area (Å²) in [5.74, 6) is 1.41. The maximum atomic E-state index is 10.7. The van der Waals surface area contributed by atoms with Crippen LogP contribution in [0.3, 0.4) is 0 Å². The molecule has 110 valence electrons. The van der Waals surface area contributed by atoms with Crippen LogP contribution >= 0.6 is 38.5 Å². The Bertz CT molecular complexity index is 660. The van der Waals surface area contributed by atoms with Crippen molar-refractivity contribution in [3.63, 3.8) is 0 Å². The number of aliphatic hydroxyl groups is 1. The highest BCUT2D eigenvalue weighted by molar-refractivity contribution is 14.1. The van der Waals surface area contributed by atoms with Crippen LogP contribution in [0.4, 0.5) is 0 Å². The van der Waals surface area contributed by atoms with E-state index in [0.29, 0.717) is 19.0 Å². The Labute approximate surface area is 145 Å². The van der Waals surface area contributed by atoms with Gasteiger partial charge in [-0.2, -0.15) is 0 Å². The minimum atomic E-state index is -0.704. The fraction of sp³-hybridized carbons (Fsp3) is 0.250. The summed E-state index contributed by atoms with van der Waals surface area (Å²) in [6.07, 6.45) is 0.158. The van der Waals surface area contributed by atoms with E-state index in [9.17, 15) is 5.11 Å². The van der Waals surface area contributed by atoms with Gasteiger partial charge in [-0.1, -0.05) is 34.1 Å². The van der Waals surface area contributed by atoms with Crippen molar-refractivity contribution in [2.75, 3.05) is 13.2 Å². The lowest BCUT2D eigenvalue weighted by Gasteiger charge is -2.17. The van der Waals surface area contributed by atoms with Crippen LogP contribution in [0.1, 0.15) is 23.7 Å². The molecule has 1 aliphatic rings. The maximum absolute atomic E-state index is 10.7. The third-order valence-electron chi connectivity index (χ3n) is 3.36. The number of hydrogen-bond donors (Lipinski definition) is 1. The SMILES string of the molecule is OC(c1cc2c(cc1Br)OCCCO2)c1ccccc1I. The molecule has 1 atom stereocenters. The van der Waals surface area contributed by atoms with E-state index in [-0.39, 0.29) is 0 Å². The van der Waals surface area contributed by atoms with E-state index >= 15 is 0 Å². The van der Waals surface area contributed by atoms with Crippen molar-refractivity contribution < 1.29 is 14.6 Å². The zero-order valence-electron chi connectivity index (χ0n) is 11.2. The zero-order chi connectivity index (χ0) is 14.8. The van der Waals surface area contributed by atoms with Crippen LogP contribution in [-0.2, 0) is 0 Å². The quantitative estimate of drug-likeness (QED) is 0.679. The number of fused-ring (bicyclic) bond motifs is 1. The van der Waals surface area contributed by atoms with Crippen LogP contribution in [0.25, 0.3) is 0 Å². The molecular weight excluding hydrogens is 447 g/mol. The Balaban J connectivity index is 2.02.